The van der Waals surface area contributed by atoms with Crippen LogP contribution >= 0.6 is 0 Å². The molecule has 1 rings (SSSR count). The summed E-state index contributed by atoms with van der Waals surface area (Å²) in [5.74, 6) is 0.0631. The van der Waals surface area contributed by atoms with Crippen LogP contribution in [0.3, 0.4) is 0 Å². The number of amides is 1. The van der Waals surface area contributed by atoms with Crippen LogP contribution in [0, 0.1) is 5.41 Å². The van der Waals surface area contributed by atoms with E-state index >= 15 is 0 Å². The molecule has 0 spiro atoms. The molecule has 1 aliphatic rings. The first kappa shape index (κ1) is 16.4. The Morgan fingerprint density at radius 3 is 1.95 bits per heavy atom. The molecular formula is C12H25N3O3S. The number of carbonyl (C=O) groups is 1. The monoisotopic (exact) mass is 291 g/mol. The van der Waals surface area contributed by atoms with Gasteiger partial charge in [-0.2, -0.15) is 4.31 Å². The number of carbonyl (C=O) groups excluding carboxylic acids is 1. The number of nitrogens with zero attached hydrogens (tertiary/aromatic N) is 2. The fraction of sp³-hybridized carbons (Fsp3) is 0.917. The normalized spacial score (nSPS) is 18.6. The maximum absolute atomic E-state index is 12.5. The Morgan fingerprint density at radius 2 is 1.63 bits per heavy atom. The Morgan fingerprint density at radius 1 is 1.16 bits per heavy atom. The molecule has 0 bridgehead atoms. The van der Waals surface area contributed by atoms with Gasteiger partial charge in [0.2, 0.25) is 15.9 Å². The SMILES string of the molecule is CCC(CC)(CN)C(=O)N1CCN(S(C)(=O)=O)CC1. The molecule has 1 amide bonds. The van der Waals surface area contributed by atoms with E-state index in [1.54, 1.807) is 4.90 Å². The second-order valence-electron chi connectivity index (χ2n) is 5.15. The average Bonchev–Trinajstić information content (AvgIpc) is 2.40. The summed E-state index contributed by atoms with van der Waals surface area (Å²) in [6, 6.07) is 0. The van der Waals surface area contributed by atoms with Crippen LogP contribution in [0.4, 0.5) is 0 Å². The van der Waals surface area contributed by atoms with Crippen molar-refractivity contribution in [1.29, 1.82) is 0 Å². The smallest absolute Gasteiger partial charge is 0.230 e. The number of nitrogens with two attached hydrogens (primary N) is 1. The molecule has 0 aromatic heterocycles. The van der Waals surface area contributed by atoms with Gasteiger partial charge in [0.25, 0.3) is 0 Å². The Labute approximate surface area is 116 Å². The van der Waals surface area contributed by atoms with Crippen molar-refractivity contribution in [2.75, 3.05) is 39.0 Å². The summed E-state index contributed by atoms with van der Waals surface area (Å²) < 4.78 is 24.3. The Bertz CT molecular complexity index is 402. The molecule has 0 unspecified atom stereocenters. The maximum Gasteiger partial charge on any atom is 0.230 e. The lowest BCUT2D eigenvalue weighted by molar-refractivity contribution is -0.143. The molecule has 7 heteroatoms. The van der Waals surface area contributed by atoms with Crippen LogP contribution in [0.2, 0.25) is 0 Å². The van der Waals surface area contributed by atoms with Gasteiger partial charge >= 0.3 is 0 Å². The minimum atomic E-state index is -3.16. The molecule has 1 heterocycles. The van der Waals surface area contributed by atoms with Crippen molar-refractivity contribution in [3.05, 3.63) is 0 Å². The van der Waals surface area contributed by atoms with Gasteiger partial charge in [0.15, 0.2) is 0 Å². The van der Waals surface area contributed by atoms with Crippen molar-refractivity contribution in [1.82, 2.24) is 9.21 Å². The van der Waals surface area contributed by atoms with Gasteiger partial charge in [-0.15, -0.1) is 0 Å². The van der Waals surface area contributed by atoms with Gasteiger partial charge in [-0.25, -0.2) is 8.42 Å². The molecule has 1 aliphatic heterocycles. The van der Waals surface area contributed by atoms with E-state index in [1.807, 2.05) is 13.8 Å². The first-order chi connectivity index (χ1) is 8.80. The summed E-state index contributed by atoms with van der Waals surface area (Å²) in [4.78, 5) is 14.3. The van der Waals surface area contributed by atoms with E-state index in [-0.39, 0.29) is 5.91 Å². The second kappa shape index (κ2) is 6.19. The molecule has 1 saturated heterocycles. The van der Waals surface area contributed by atoms with Gasteiger partial charge in [0.05, 0.1) is 11.7 Å². The van der Waals surface area contributed by atoms with Crippen LogP contribution in [0.15, 0.2) is 0 Å². The van der Waals surface area contributed by atoms with Crippen molar-refractivity contribution in [2.24, 2.45) is 11.1 Å². The van der Waals surface area contributed by atoms with Crippen LogP contribution in [0.25, 0.3) is 0 Å². The van der Waals surface area contributed by atoms with Gasteiger partial charge in [-0.3, -0.25) is 4.79 Å². The van der Waals surface area contributed by atoms with Gasteiger partial charge in [-0.1, -0.05) is 13.8 Å². The van der Waals surface area contributed by atoms with E-state index in [4.69, 9.17) is 5.73 Å². The summed E-state index contributed by atoms with van der Waals surface area (Å²) in [7, 11) is -3.16. The average molecular weight is 291 g/mol. The molecule has 6 nitrogen and oxygen atoms in total. The Kier molecular flexibility index (Phi) is 5.34. The highest BCUT2D eigenvalue weighted by Gasteiger charge is 2.38. The van der Waals surface area contributed by atoms with E-state index in [1.165, 1.54) is 10.6 Å². The topological polar surface area (TPSA) is 83.7 Å². The number of sulfonamides is 1. The summed E-state index contributed by atoms with van der Waals surface area (Å²) in [5.41, 5.74) is 5.29. The number of hydrogen-bond donors (Lipinski definition) is 1. The van der Waals surface area contributed by atoms with Crippen molar-refractivity contribution < 1.29 is 13.2 Å². The quantitative estimate of drug-likeness (QED) is 0.764. The van der Waals surface area contributed by atoms with Crippen molar-refractivity contribution in [2.45, 2.75) is 26.7 Å². The van der Waals surface area contributed by atoms with Crippen LogP contribution in [-0.2, 0) is 14.8 Å². The highest BCUT2D eigenvalue weighted by Crippen LogP contribution is 2.28. The third-order valence-electron chi connectivity index (χ3n) is 4.19. The van der Waals surface area contributed by atoms with E-state index in [0.717, 1.165) is 0 Å². The minimum Gasteiger partial charge on any atom is -0.340 e. The lowest BCUT2D eigenvalue weighted by atomic mass is 9.81. The molecule has 0 radical (unpaired) electrons. The summed E-state index contributed by atoms with van der Waals surface area (Å²) in [6.45, 7) is 5.94. The summed E-state index contributed by atoms with van der Waals surface area (Å²) >= 11 is 0. The number of hydrogen-bond acceptors (Lipinski definition) is 4. The second-order valence-corrected chi connectivity index (χ2v) is 7.13. The van der Waals surface area contributed by atoms with E-state index < -0.39 is 15.4 Å². The molecule has 19 heavy (non-hydrogen) atoms. The van der Waals surface area contributed by atoms with Gasteiger partial charge in [-0.05, 0) is 12.8 Å². The largest absolute Gasteiger partial charge is 0.340 e. The molecule has 0 aromatic rings. The zero-order valence-corrected chi connectivity index (χ0v) is 12.9. The van der Waals surface area contributed by atoms with E-state index in [2.05, 4.69) is 0 Å². The van der Waals surface area contributed by atoms with E-state index in [9.17, 15) is 13.2 Å². The van der Waals surface area contributed by atoms with Gasteiger partial charge in [0, 0.05) is 32.7 Å². The van der Waals surface area contributed by atoms with Crippen molar-refractivity contribution in [3.63, 3.8) is 0 Å². The molecule has 0 atom stereocenters. The first-order valence-electron chi connectivity index (χ1n) is 6.75. The predicted octanol–water partition coefficient (Wildman–Crippen LogP) is -0.145. The zero-order chi connectivity index (χ0) is 14.7. The standard InChI is InChI=1S/C12H25N3O3S/c1-4-12(5-2,10-13)11(16)14-6-8-15(9-7-14)19(3,17)18/h4-10,13H2,1-3H3. The lowest BCUT2D eigenvalue weighted by Crippen LogP contribution is -2.55. The fourth-order valence-corrected chi connectivity index (χ4v) is 3.31. The predicted molar refractivity (Wildman–Crippen MR) is 75.1 cm³/mol. The van der Waals surface area contributed by atoms with Crippen LogP contribution in [-0.4, -0.2) is 62.5 Å². The molecule has 0 aromatic carbocycles. The van der Waals surface area contributed by atoms with Gasteiger partial charge in [0.1, 0.15) is 0 Å². The fourth-order valence-electron chi connectivity index (χ4n) is 2.49. The summed E-state index contributed by atoms with van der Waals surface area (Å²) in [5, 5.41) is 0. The van der Waals surface area contributed by atoms with Gasteiger partial charge < -0.3 is 10.6 Å². The molecule has 2 N–H and O–H groups in total. The zero-order valence-electron chi connectivity index (χ0n) is 12.1. The third-order valence-corrected chi connectivity index (χ3v) is 5.50. The first-order valence-corrected chi connectivity index (χ1v) is 8.60. The Balaban J connectivity index is 2.72. The molecule has 112 valence electrons. The highest BCUT2D eigenvalue weighted by atomic mass is 32.2. The Hall–Kier alpha value is -0.660. The molecular weight excluding hydrogens is 266 g/mol. The molecule has 0 saturated carbocycles. The van der Waals surface area contributed by atoms with E-state index in [0.29, 0.717) is 45.6 Å². The van der Waals surface area contributed by atoms with Crippen molar-refractivity contribution in [3.8, 4) is 0 Å². The molecule has 1 fully saturated rings. The lowest BCUT2D eigenvalue weighted by Gasteiger charge is -2.39. The van der Waals surface area contributed by atoms with Crippen LogP contribution in [0.5, 0.6) is 0 Å². The molecule has 0 aliphatic carbocycles. The van der Waals surface area contributed by atoms with Crippen LogP contribution in [0.1, 0.15) is 26.7 Å². The minimum absolute atomic E-state index is 0.0631. The highest BCUT2D eigenvalue weighted by molar-refractivity contribution is 7.88. The third kappa shape index (κ3) is 3.46. The number of piperazine rings is 1. The number of rotatable bonds is 5. The maximum atomic E-state index is 12.5. The van der Waals surface area contributed by atoms with Crippen molar-refractivity contribution >= 4 is 15.9 Å². The summed E-state index contributed by atoms with van der Waals surface area (Å²) in [6.07, 6.45) is 2.63. The van der Waals surface area contributed by atoms with Crippen LogP contribution < -0.4 is 5.73 Å².